The Balaban J connectivity index is 1.59. The molecule has 0 amide bonds. The number of hydrogen-bond donors (Lipinski definition) is 0. The number of nitrogens with zero attached hydrogens (tertiary/aromatic N) is 2. The van der Waals surface area contributed by atoms with Crippen molar-refractivity contribution in [1.82, 2.24) is 9.88 Å². The van der Waals surface area contributed by atoms with Crippen LogP contribution >= 0.6 is 0 Å². The summed E-state index contributed by atoms with van der Waals surface area (Å²) in [5.41, 5.74) is 0.996. The summed E-state index contributed by atoms with van der Waals surface area (Å²) >= 11 is 0. The summed E-state index contributed by atoms with van der Waals surface area (Å²) in [6.07, 6.45) is 1.08. The minimum Gasteiger partial charge on any atom is -0.478 e. The van der Waals surface area contributed by atoms with Crippen molar-refractivity contribution in [3.63, 3.8) is 0 Å². The molecule has 2 heterocycles. The molecule has 1 aromatic heterocycles. The van der Waals surface area contributed by atoms with E-state index in [4.69, 9.17) is 4.74 Å². The highest BCUT2D eigenvalue weighted by Gasteiger charge is 2.15. The molecular weight excluding hydrogens is 212 g/mol. The highest BCUT2D eigenvalue weighted by Crippen LogP contribution is 2.16. The van der Waals surface area contributed by atoms with Gasteiger partial charge in [0.15, 0.2) is 0 Å². The van der Waals surface area contributed by atoms with Crippen molar-refractivity contribution < 1.29 is 4.74 Å². The predicted molar refractivity (Wildman–Crippen MR) is 68.3 cm³/mol. The molecule has 3 heteroatoms. The molecule has 0 aliphatic carbocycles. The molecule has 3 nitrogen and oxygen atoms in total. The van der Waals surface area contributed by atoms with Crippen molar-refractivity contribution in [3.8, 4) is 5.88 Å². The van der Waals surface area contributed by atoms with Crippen LogP contribution in [0.2, 0.25) is 0 Å². The third-order valence-electron chi connectivity index (χ3n) is 2.98. The zero-order valence-electron chi connectivity index (χ0n) is 9.80. The average molecular weight is 228 g/mol. The molecule has 1 aromatic carbocycles. The lowest BCUT2D eigenvalue weighted by atomic mass is 10.2. The molecule has 17 heavy (non-hydrogen) atoms. The summed E-state index contributed by atoms with van der Waals surface area (Å²) in [6.45, 7) is 4.41. The molecule has 1 aliphatic heterocycles. The van der Waals surface area contributed by atoms with Gasteiger partial charge in [-0.15, -0.1) is 0 Å². The van der Waals surface area contributed by atoms with Crippen LogP contribution in [0.15, 0.2) is 36.4 Å². The first kappa shape index (κ1) is 10.5. The summed E-state index contributed by atoms with van der Waals surface area (Å²) < 4.78 is 5.65. The zero-order valence-corrected chi connectivity index (χ0v) is 9.80. The Bertz CT molecular complexity index is 508. The van der Waals surface area contributed by atoms with E-state index in [2.05, 4.69) is 22.0 Å². The molecule has 0 spiro atoms. The summed E-state index contributed by atoms with van der Waals surface area (Å²) in [7, 11) is 0. The van der Waals surface area contributed by atoms with Crippen LogP contribution in [-0.2, 0) is 0 Å². The van der Waals surface area contributed by atoms with Gasteiger partial charge in [-0.1, -0.05) is 18.2 Å². The largest absolute Gasteiger partial charge is 0.478 e. The molecular formula is C14H16N2O. The predicted octanol–water partition coefficient (Wildman–Crippen LogP) is 2.32. The first-order valence-electron chi connectivity index (χ1n) is 6.13. The van der Waals surface area contributed by atoms with E-state index in [1.54, 1.807) is 0 Å². The first-order chi connectivity index (χ1) is 8.42. The Morgan fingerprint density at radius 3 is 2.88 bits per heavy atom. The molecule has 0 unspecified atom stereocenters. The quantitative estimate of drug-likeness (QED) is 0.580. The van der Waals surface area contributed by atoms with E-state index in [1.807, 2.05) is 24.3 Å². The van der Waals surface area contributed by atoms with Crippen molar-refractivity contribution in [2.45, 2.75) is 6.42 Å². The third-order valence-corrected chi connectivity index (χ3v) is 2.98. The fraction of sp³-hybridized carbons (Fsp3) is 0.357. The van der Waals surface area contributed by atoms with Crippen LogP contribution in [0.3, 0.4) is 0 Å². The number of pyridine rings is 1. The van der Waals surface area contributed by atoms with E-state index in [-0.39, 0.29) is 0 Å². The van der Waals surface area contributed by atoms with Gasteiger partial charge in [0.25, 0.3) is 0 Å². The van der Waals surface area contributed by atoms with Gasteiger partial charge in [0.2, 0.25) is 5.88 Å². The van der Waals surface area contributed by atoms with Gasteiger partial charge in [-0.2, -0.15) is 0 Å². The van der Waals surface area contributed by atoms with Gasteiger partial charge < -0.3 is 9.64 Å². The topological polar surface area (TPSA) is 25.1 Å². The van der Waals surface area contributed by atoms with Gasteiger partial charge in [-0.05, 0) is 18.6 Å². The fourth-order valence-electron chi connectivity index (χ4n) is 1.89. The summed E-state index contributed by atoms with van der Waals surface area (Å²) in [5, 5.41) is 1.16. The number of rotatable bonds is 5. The molecule has 0 radical (unpaired) electrons. The lowest BCUT2D eigenvalue weighted by molar-refractivity contribution is 0.289. The van der Waals surface area contributed by atoms with Crippen LogP contribution in [0.5, 0.6) is 5.88 Å². The highest BCUT2D eigenvalue weighted by atomic mass is 16.5. The SMILES string of the molecule is c1ccc2nc(OCCCN3CC3)ccc2c1. The lowest BCUT2D eigenvalue weighted by Crippen LogP contribution is -2.06. The number of aromatic nitrogens is 1. The van der Waals surface area contributed by atoms with Gasteiger partial charge in [-0.3, -0.25) is 0 Å². The van der Waals surface area contributed by atoms with E-state index < -0.39 is 0 Å². The second-order valence-corrected chi connectivity index (χ2v) is 4.39. The van der Waals surface area contributed by atoms with Crippen LogP contribution in [0.4, 0.5) is 0 Å². The first-order valence-corrected chi connectivity index (χ1v) is 6.13. The van der Waals surface area contributed by atoms with Crippen LogP contribution in [0.1, 0.15) is 6.42 Å². The van der Waals surface area contributed by atoms with Crippen LogP contribution in [0.25, 0.3) is 10.9 Å². The lowest BCUT2D eigenvalue weighted by Gasteiger charge is -2.06. The summed E-state index contributed by atoms with van der Waals surface area (Å²) in [5.74, 6) is 0.731. The molecule has 0 saturated carbocycles. The Morgan fingerprint density at radius 1 is 1.12 bits per heavy atom. The van der Waals surface area contributed by atoms with Gasteiger partial charge >= 0.3 is 0 Å². The van der Waals surface area contributed by atoms with Crippen molar-refractivity contribution >= 4 is 10.9 Å². The number of hydrogen-bond acceptors (Lipinski definition) is 3. The molecule has 0 bridgehead atoms. The molecule has 2 aromatic rings. The molecule has 3 rings (SSSR count). The van der Waals surface area contributed by atoms with Gasteiger partial charge in [0.05, 0.1) is 12.1 Å². The maximum absolute atomic E-state index is 5.65. The normalized spacial score (nSPS) is 15.1. The number of benzene rings is 1. The van der Waals surface area contributed by atoms with Crippen molar-refractivity contribution in [2.24, 2.45) is 0 Å². The fourth-order valence-corrected chi connectivity index (χ4v) is 1.89. The minimum absolute atomic E-state index is 0.731. The molecule has 0 atom stereocenters. The van der Waals surface area contributed by atoms with E-state index >= 15 is 0 Å². The second kappa shape index (κ2) is 4.72. The molecule has 88 valence electrons. The monoisotopic (exact) mass is 228 g/mol. The Morgan fingerprint density at radius 2 is 2.00 bits per heavy atom. The number of para-hydroxylation sites is 1. The Hall–Kier alpha value is -1.61. The maximum Gasteiger partial charge on any atom is 0.213 e. The van der Waals surface area contributed by atoms with Crippen LogP contribution in [-0.4, -0.2) is 36.1 Å². The zero-order chi connectivity index (χ0) is 11.5. The maximum atomic E-state index is 5.65. The van der Waals surface area contributed by atoms with E-state index in [9.17, 15) is 0 Å². The molecule has 0 N–H and O–H groups in total. The summed E-state index contributed by atoms with van der Waals surface area (Å²) in [6, 6.07) is 12.1. The number of fused-ring (bicyclic) bond motifs is 1. The Kier molecular flexibility index (Phi) is 2.92. The van der Waals surface area contributed by atoms with Crippen molar-refractivity contribution in [3.05, 3.63) is 36.4 Å². The van der Waals surface area contributed by atoms with Crippen molar-refractivity contribution in [1.29, 1.82) is 0 Å². The van der Waals surface area contributed by atoms with Gasteiger partial charge in [0, 0.05) is 31.1 Å². The average Bonchev–Trinajstić information content (AvgIpc) is 3.18. The van der Waals surface area contributed by atoms with Gasteiger partial charge in [-0.25, -0.2) is 4.98 Å². The van der Waals surface area contributed by atoms with E-state index in [0.29, 0.717) is 0 Å². The number of ether oxygens (including phenoxy) is 1. The third kappa shape index (κ3) is 2.74. The van der Waals surface area contributed by atoms with E-state index in [0.717, 1.165) is 36.4 Å². The highest BCUT2D eigenvalue weighted by molar-refractivity contribution is 5.78. The van der Waals surface area contributed by atoms with Crippen molar-refractivity contribution in [2.75, 3.05) is 26.2 Å². The van der Waals surface area contributed by atoms with Gasteiger partial charge in [0.1, 0.15) is 0 Å². The molecule has 1 fully saturated rings. The molecule has 1 aliphatic rings. The Labute approximate surface area is 101 Å². The molecule has 1 saturated heterocycles. The summed E-state index contributed by atoms with van der Waals surface area (Å²) in [4.78, 5) is 6.87. The second-order valence-electron chi connectivity index (χ2n) is 4.39. The minimum atomic E-state index is 0.731. The van der Waals surface area contributed by atoms with Crippen LogP contribution in [0, 0.1) is 0 Å². The van der Waals surface area contributed by atoms with E-state index in [1.165, 1.54) is 13.1 Å². The standard InChI is InChI=1S/C14H16N2O/c1-2-5-13-12(4-1)6-7-14(15-13)17-11-3-8-16-9-10-16/h1-2,4-7H,3,8-11H2. The van der Waals surface area contributed by atoms with Crippen LogP contribution < -0.4 is 4.74 Å². The smallest absolute Gasteiger partial charge is 0.213 e.